The Morgan fingerprint density at radius 3 is 2.45 bits per heavy atom. The van der Waals surface area contributed by atoms with Gasteiger partial charge < -0.3 is 19.1 Å². The molecule has 0 N–H and O–H groups in total. The number of amides is 1. The molecule has 2 fully saturated rings. The van der Waals surface area contributed by atoms with Crippen molar-refractivity contribution in [2.75, 3.05) is 44.3 Å². The van der Waals surface area contributed by atoms with E-state index in [1.54, 1.807) is 6.07 Å². The van der Waals surface area contributed by atoms with Crippen LogP contribution in [0.3, 0.4) is 0 Å². The van der Waals surface area contributed by atoms with Crippen LogP contribution in [0.5, 0.6) is 0 Å². The van der Waals surface area contributed by atoms with Crippen LogP contribution in [0.2, 0.25) is 0 Å². The third-order valence-corrected chi connectivity index (χ3v) is 3.93. The number of hydrogen-bond donors (Lipinski definition) is 0. The van der Waals surface area contributed by atoms with Crippen LogP contribution in [0.15, 0.2) is 10.6 Å². The molecule has 20 heavy (non-hydrogen) atoms. The summed E-state index contributed by atoms with van der Waals surface area (Å²) in [5.74, 6) is 0.668. The van der Waals surface area contributed by atoms with Crippen LogP contribution < -0.4 is 4.90 Å². The minimum atomic E-state index is -0.00448. The molecule has 3 heterocycles. The second-order valence-corrected chi connectivity index (χ2v) is 5.36. The molecule has 2 aliphatic rings. The molecule has 6 heteroatoms. The molecule has 0 atom stereocenters. The van der Waals surface area contributed by atoms with Gasteiger partial charge in [0.15, 0.2) is 5.69 Å². The van der Waals surface area contributed by atoms with Crippen molar-refractivity contribution in [2.24, 2.45) is 0 Å². The van der Waals surface area contributed by atoms with Crippen molar-refractivity contribution < 1.29 is 14.1 Å². The van der Waals surface area contributed by atoms with Crippen LogP contribution in [0, 0.1) is 0 Å². The minimum Gasteiger partial charge on any atom is -0.378 e. The summed E-state index contributed by atoms with van der Waals surface area (Å²) in [7, 11) is 0. The summed E-state index contributed by atoms with van der Waals surface area (Å²) in [6, 6.07) is 1.76. The number of carbonyl (C=O) groups excluding carboxylic acids is 1. The molecule has 1 aromatic heterocycles. The van der Waals surface area contributed by atoms with Crippen LogP contribution in [0.25, 0.3) is 0 Å². The summed E-state index contributed by atoms with van der Waals surface area (Å²) in [5.41, 5.74) is 0.424. The van der Waals surface area contributed by atoms with Gasteiger partial charge in [-0.3, -0.25) is 4.79 Å². The molecule has 0 unspecified atom stereocenters. The fourth-order valence-electron chi connectivity index (χ4n) is 2.73. The van der Waals surface area contributed by atoms with Gasteiger partial charge in [-0.15, -0.1) is 0 Å². The second kappa shape index (κ2) is 6.26. The van der Waals surface area contributed by atoms with Crippen molar-refractivity contribution in [1.29, 1.82) is 0 Å². The zero-order valence-electron chi connectivity index (χ0n) is 11.7. The third kappa shape index (κ3) is 2.95. The Kier molecular flexibility index (Phi) is 4.20. The Labute approximate surface area is 118 Å². The number of likely N-dealkylation sites (tertiary alicyclic amines) is 1. The molecule has 110 valence electrons. The number of rotatable bonds is 2. The molecule has 0 radical (unpaired) electrons. The number of anilines is 1. The van der Waals surface area contributed by atoms with Gasteiger partial charge in [0.1, 0.15) is 0 Å². The maximum atomic E-state index is 12.4. The first-order valence-electron chi connectivity index (χ1n) is 7.43. The predicted octanol–water partition coefficient (Wildman–Crippen LogP) is 1.53. The van der Waals surface area contributed by atoms with E-state index in [9.17, 15) is 4.79 Å². The van der Waals surface area contributed by atoms with E-state index in [-0.39, 0.29) is 5.91 Å². The van der Waals surface area contributed by atoms with Crippen LogP contribution in [0.4, 0.5) is 5.88 Å². The summed E-state index contributed by atoms with van der Waals surface area (Å²) in [6.45, 7) is 4.61. The van der Waals surface area contributed by atoms with Gasteiger partial charge in [-0.25, -0.2) is 0 Å². The van der Waals surface area contributed by atoms with Crippen LogP contribution in [0.1, 0.15) is 36.2 Å². The maximum absolute atomic E-state index is 12.4. The number of hydrogen-bond acceptors (Lipinski definition) is 5. The highest BCUT2D eigenvalue weighted by molar-refractivity contribution is 5.92. The van der Waals surface area contributed by atoms with E-state index >= 15 is 0 Å². The van der Waals surface area contributed by atoms with Crippen molar-refractivity contribution in [1.82, 2.24) is 10.1 Å². The Hall–Kier alpha value is -1.56. The lowest BCUT2D eigenvalue weighted by atomic mass is 10.2. The van der Waals surface area contributed by atoms with Crippen LogP contribution in [-0.2, 0) is 4.74 Å². The Morgan fingerprint density at radius 1 is 1.05 bits per heavy atom. The average molecular weight is 279 g/mol. The zero-order chi connectivity index (χ0) is 13.8. The fourth-order valence-corrected chi connectivity index (χ4v) is 2.73. The molecule has 2 aliphatic heterocycles. The molecule has 6 nitrogen and oxygen atoms in total. The largest absolute Gasteiger partial charge is 0.378 e. The second-order valence-electron chi connectivity index (χ2n) is 5.36. The minimum absolute atomic E-state index is 0.00448. The van der Waals surface area contributed by atoms with E-state index < -0.39 is 0 Å². The number of ether oxygens (including phenoxy) is 1. The van der Waals surface area contributed by atoms with Crippen molar-refractivity contribution >= 4 is 11.8 Å². The lowest BCUT2D eigenvalue weighted by Gasteiger charge is -2.25. The summed E-state index contributed by atoms with van der Waals surface area (Å²) < 4.78 is 10.6. The highest BCUT2D eigenvalue weighted by atomic mass is 16.5. The van der Waals surface area contributed by atoms with Crippen molar-refractivity contribution in [3.8, 4) is 0 Å². The lowest BCUT2D eigenvalue weighted by molar-refractivity contribution is 0.0751. The van der Waals surface area contributed by atoms with E-state index in [2.05, 4.69) is 10.1 Å². The van der Waals surface area contributed by atoms with Gasteiger partial charge in [0.05, 0.1) is 13.2 Å². The Balaban J connectivity index is 1.67. The molecule has 0 bridgehead atoms. The first kappa shape index (κ1) is 13.4. The van der Waals surface area contributed by atoms with E-state index in [0.717, 1.165) is 39.0 Å². The van der Waals surface area contributed by atoms with Crippen molar-refractivity contribution in [3.63, 3.8) is 0 Å². The lowest BCUT2D eigenvalue weighted by Crippen LogP contribution is -2.36. The first-order chi connectivity index (χ1) is 9.84. The zero-order valence-corrected chi connectivity index (χ0v) is 11.7. The number of nitrogens with zero attached hydrogens (tertiary/aromatic N) is 3. The Bertz CT molecular complexity index is 446. The molecule has 0 saturated carbocycles. The highest BCUT2D eigenvalue weighted by Gasteiger charge is 2.23. The molecule has 0 spiro atoms. The van der Waals surface area contributed by atoms with Gasteiger partial charge in [0.25, 0.3) is 5.91 Å². The SMILES string of the molecule is O=C(c1cc(N2CCOCC2)on1)N1CCCCCC1. The van der Waals surface area contributed by atoms with Crippen LogP contribution >= 0.6 is 0 Å². The van der Waals surface area contributed by atoms with Gasteiger partial charge in [-0.1, -0.05) is 18.0 Å². The molecular weight excluding hydrogens is 258 g/mol. The molecule has 1 amide bonds. The van der Waals surface area contributed by atoms with E-state index in [0.29, 0.717) is 24.8 Å². The van der Waals surface area contributed by atoms with E-state index in [4.69, 9.17) is 9.26 Å². The average Bonchev–Trinajstić information content (AvgIpc) is 2.83. The van der Waals surface area contributed by atoms with Gasteiger partial charge in [0.2, 0.25) is 5.88 Å². The van der Waals surface area contributed by atoms with Gasteiger partial charge >= 0.3 is 0 Å². The normalized spacial score (nSPS) is 20.8. The summed E-state index contributed by atoms with van der Waals surface area (Å²) in [5, 5.41) is 3.95. The molecular formula is C14H21N3O3. The third-order valence-electron chi connectivity index (χ3n) is 3.93. The summed E-state index contributed by atoms with van der Waals surface area (Å²) >= 11 is 0. The van der Waals surface area contributed by atoms with Crippen molar-refractivity contribution in [3.05, 3.63) is 11.8 Å². The first-order valence-corrected chi connectivity index (χ1v) is 7.43. The molecule has 1 aromatic rings. The topological polar surface area (TPSA) is 58.8 Å². The van der Waals surface area contributed by atoms with E-state index in [1.165, 1.54) is 12.8 Å². The van der Waals surface area contributed by atoms with Gasteiger partial charge in [0, 0.05) is 32.2 Å². The molecule has 0 aromatic carbocycles. The number of aromatic nitrogens is 1. The quantitative estimate of drug-likeness (QED) is 0.821. The maximum Gasteiger partial charge on any atom is 0.276 e. The molecule has 3 rings (SSSR count). The smallest absolute Gasteiger partial charge is 0.276 e. The highest BCUT2D eigenvalue weighted by Crippen LogP contribution is 2.19. The Morgan fingerprint density at radius 2 is 1.75 bits per heavy atom. The monoisotopic (exact) mass is 279 g/mol. The van der Waals surface area contributed by atoms with E-state index in [1.807, 2.05) is 4.90 Å². The van der Waals surface area contributed by atoms with Crippen LogP contribution in [-0.4, -0.2) is 55.4 Å². The molecule has 2 saturated heterocycles. The number of morpholine rings is 1. The summed E-state index contributed by atoms with van der Waals surface area (Å²) in [4.78, 5) is 16.4. The van der Waals surface area contributed by atoms with Crippen molar-refractivity contribution in [2.45, 2.75) is 25.7 Å². The van der Waals surface area contributed by atoms with Gasteiger partial charge in [-0.2, -0.15) is 0 Å². The standard InChI is InChI=1S/C14H21N3O3/c18-14(17-5-3-1-2-4-6-17)12-11-13(20-15-12)16-7-9-19-10-8-16/h11H,1-10H2. The number of carbonyl (C=O) groups is 1. The summed E-state index contributed by atoms with van der Waals surface area (Å²) in [6.07, 6.45) is 4.59. The van der Waals surface area contributed by atoms with Gasteiger partial charge in [-0.05, 0) is 12.8 Å². The molecule has 0 aliphatic carbocycles. The predicted molar refractivity (Wildman–Crippen MR) is 73.9 cm³/mol. The fraction of sp³-hybridized carbons (Fsp3) is 0.714.